The summed E-state index contributed by atoms with van der Waals surface area (Å²) in [6.45, 7) is 17.8. The lowest BCUT2D eigenvalue weighted by atomic mass is 9.82. The molecule has 1 aliphatic heterocycles. The number of esters is 1. The summed E-state index contributed by atoms with van der Waals surface area (Å²) < 4.78 is 12.0. The molecule has 0 saturated carbocycles. The second-order valence-electron chi connectivity index (χ2n) is 11.1. The zero-order valence-electron chi connectivity index (χ0n) is 21.7. The molecule has 0 N–H and O–H groups in total. The Hall–Kier alpha value is -2.18. The number of hydrogen-bond acceptors (Lipinski definition) is 6. The quantitative estimate of drug-likeness (QED) is 0.340. The van der Waals surface area contributed by atoms with Crippen LogP contribution in [0.2, 0.25) is 5.15 Å². The predicted octanol–water partition coefficient (Wildman–Crippen LogP) is 6.54. The van der Waals surface area contributed by atoms with Crippen LogP contribution in [-0.4, -0.2) is 40.7 Å². The van der Waals surface area contributed by atoms with Gasteiger partial charge in [-0.05, 0) is 71.9 Å². The SMILES string of the molecule is Cc1ncc(-c2ccc(Cl)nc2)c(N2CCC(C)(C)CC2)c1[C@@H](OC(C)(C)C)C(=O)OC(C)C. The zero-order valence-corrected chi connectivity index (χ0v) is 22.5. The highest BCUT2D eigenvalue weighted by Gasteiger charge is 2.37. The molecule has 2 aromatic rings. The van der Waals surface area contributed by atoms with E-state index in [2.05, 4.69) is 23.7 Å². The molecule has 0 spiro atoms. The average molecular weight is 488 g/mol. The summed E-state index contributed by atoms with van der Waals surface area (Å²) >= 11 is 6.07. The number of nitrogens with zero attached hydrogens (tertiary/aromatic N) is 3. The molecule has 3 rings (SSSR count). The standard InChI is InChI=1S/C27H38ClN3O3/c1-17(2)33-25(32)24(34-26(4,5)6)22-18(3)29-16-20(19-9-10-21(28)30-15-19)23(22)31-13-11-27(7,8)12-14-31/h9-10,15-17,24H,11-14H2,1-8H3/t24-/m1/s1. The lowest BCUT2D eigenvalue weighted by Gasteiger charge is -2.41. The number of pyridine rings is 2. The molecular formula is C27H38ClN3O3. The first-order valence-electron chi connectivity index (χ1n) is 12.0. The summed E-state index contributed by atoms with van der Waals surface area (Å²) in [6, 6.07) is 3.71. The lowest BCUT2D eigenvalue weighted by molar-refractivity contribution is -0.171. The summed E-state index contributed by atoms with van der Waals surface area (Å²) in [6.07, 6.45) is 4.55. The molecule has 1 saturated heterocycles. The highest BCUT2D eigenvalue weighted by Crippen LogP contribution is 2.43. The van der Waals surface area contributed by atoms with Gasteiger partial charge in [-0.3, -0.25) is 4.98 Å². The second-order valence-corrected chi connectivity index (χ2v) is 11.5. The van der Waals surface area contributed by atoms with Gasteiger partial charge in [0.15, 0.2) is 6.10 Å². The van der Waals surface area contributed by atoms with Crippen molar-refractivity contribution < 1.29 is 14.3 Å². The summed E-state index contributed by atoms with van der Waals surface area (Å²) in [4.78, 5) is 24.7. The highest BCUT2D eigenvalue weighted by atomic mass is 35.5. The van der Waals surface area contributed by atoms with Gasteiger partial charge in [-0.25, -0.2) is 9.78 Å². The van der Waals surface area contributed by atoms with Crippen molar-refractivity contribution in [2.24, 2.45) is 5.41 Å². The molecule has 1 aliphatic rings. The van der Waals surface area contributed by atoms with Gasteiger partial charge in [0, 0.05) is 47.9 Å². The first-order valence-corrected chi connectivity index (χ1v) is 12.4. The van der Waals surface area contributed by atoms with Gasteiger partial charge >= 0.3 is 5.97 Å². The first-order chi connectivity index (χ1) is 15.8. The van der Waals surface area contributed by atoms with Gasteiger partial charge in [-0.1, -0.05) is 25.4 Å². The number of piperidine rings is 1. The zero-order chi connectivity index (χ0) is 25.3. The average Bonchev–Trinajstić information content (AvgIpc) is 2.72. The molecule has 1 atom stereocenters. The van der Waals surface area contributed by atoms with Crippen molar-refractivity contribution in [1.82, 2.24) is 9.97 Å². The Kier molecular flexibility index (Phi) is 7.93. The van der Waals surface area contributed by atoms with E-state index in [1.807, 2.05) is 53.8 Å². The van der Waals surface area contributed by atoms with Crippen molar-refractivity contribution in [2.45, 2.75) is 86.0 Å². The number of hydrogen-bond donors (Lipinski definition) is 0. The maximum Gasteiger partial charge on any atom is 0.340 e. The van der Waals surface area contributed by atoms with E-state index in [0.29, 0.717) is 5.15 Å². The summed E-state index contributed by atoms with van der Waals surface area (Å²) in [5, 5.41) is 0.430. The van der Waals surface area contributed by atoms with Crippen molar-refractivity contribution >= 4 is 23.3 Å². The van der Waals surface area contributed by atoms with Gasteiger partial charge in [-0.15, -0.1) is 0 Å². The number of anilines is 1. The molecule has 186 valence electrons. The van der Waals surface area contributed by atoms with Crippen LogP contribution >= 0.6 is 11.6 Å². The number of carbonyl (C=O) groups excluding carboxylic acids is 1. The first kappa shape index (κ1) is 26.4. The Bertz CT molecular complexity index is 1000. The van der Waals surface area contributed by atoms with E-state index in [4.69, 9.17) is 26.1 Å². The van der Waals surface area contributed by atoms with Gasteiger partial charge in [-0.2, -0.15) is 0 Å². The topological polar surface area (TPSA) is 64.5 Å². The second kappa shape index (κ2) is 10.2. The van der Waals surface area contributed by atoms with E-state index in [9.17, 15) is 4.79 Å². The summed E-state index contributed by atoms with van der Waals surface area (Å²) in [7, 11) is 0. The van der Waals surface area contributed by atoms with E-state index < -0.39 is 17.7 Å². The molecule has 0 radical (unpaired) electrons. The Morgan fingerprint density at radius 3 is 2.29 bits per heavy atom. The minimum absolute atomic E-state index is 0.255. The Balaban J connectivity index is 2.23. The molecule has 1 fully saturated rings. The Morgan fingerprint density at radius 2 is 1.76 bits per heavy atom. The molecule has 0 aliphatic carbocycles. The van der Waals surface area contributed by atoms with Crippen molar-refractivity contribution in [3.8, 4) is 11.1 Å². The summed E-state index contributed by atoms with van der Waals surface area (Å²) in [5.74, 6) is -0.403. The molecule has 0 aromatic carbocycles. The van der Waals surface area contributed by atoms with E-state index in [1.165, 1.54) is 0 Å². The van der Waals surface area contributed by atoms with Crippen molar-refractivity contribution in [1.29, 1.82) is 0 Å². The minimum atomic E-state index is -0.903. The van der Waals surface area contributed by atoms with Gasteiger partial charge < -0.3 is 14.4 Å². The van der Waals surface area contributed by atoms with Crippen LogP contribution in [0.3, 0.4) is 0 Å². The van der Waals surface area contributed by atoms with Crippen LogP contribution in [0.4, 0.5) is 5.69 Å². The molecule has 6 nitrogen and oxygen atoms in total. The van der Waals surface area contributed by atoms with Gasteiger partial charge in [0.2, 0.25) is 0 Å². The van der Waals surface area contributed by atoms with Crippen LogP contribution in [0.25, 0.3) is 11.1 Å². The lowest BCUT2D eigenvalue weighted by Crippen LogP contribution is -2.39. The number of ether oxygens (including phenoxy) is 2. The number of aromatic nitrogens is 2. The third-order valence-electron chi connectivity index (χ3n) is 6.06. The third kappa shape index (κ3) is 6.48. The van der Waals surface area contributed by atoms with E-state index in [1.54, 1.807) is 12.3 Å². The van der Waals surface area contributed by atoms with Crippen molar-refractivity contribution in [2.75, 3.05) is 18.0 Å². The van der Waals surface area contributed by atoms with E-state index >= 15 is 0 Å². The molecule has 2 aromatic heterocycles. The molecule has 0 unspecified atom stereocenters. The predicted molar refractivity (Wildman–Crippen MR) is 137 cm³/mol. The number of carbonyl (C=O) groups is 1. The number of aryl methyl sites for hydroxylation is 1. The van der Waals surface area contributed by atoms with Gasteiger partial charge in [0.1, 0.15) is 5.15 Å². The van der Waals surface area contributed by atoms with Crippen LogP contribution in [0.15, 0.2) is 24.5 Å². The fraction of sp³-hybridized carbons (Fsp3) is 0.593. The van der Waals surface area contributed by atoms with Crippen LogP contribution in [0.1, 0.15) is 78.7 Å². The van der Waals surface area contributed by atoms with Gasteiger partial charge in [0.05, 0.1) is 17.4 Å². The maximum atomic E-state index is 13.4. The normalized spacial score (nSPS) is 17.1. The summed E-state index contributed by atoms with van der Waals surface area (Å²) in [5.41, 5.74) is 3.98. The molecule has 7 heteroatoms. The maximum absolute atomic E-state index is 13.4. The molecule has 34 heavy (non-hydrogen) atoms. The molecule has 0 amide bonds. The largest absolute Gasteiger partial charge is 0.461 e. The molecule has 3 heterocycles. The van der Waals surface area contributed by atoms with Crippen LogP contribution in [0, 0.1) is 12.3 Å². The van der Waals surface area contributed by atoms with Crippen LogP contribution in [-0.2, 0) is 14.3 Å². The van der Waals surface area contributed by atoms with Crippen LogP contribution in [0.5, 0.6) is 0 Å². The van der Waals surface area contributed by atoms with E-state index in [-0.39, 0.29) is 11.5 Å². The van der Waals surface area contributed by atoms with E-state index in [0.717, 1.165) is 54.0 Å². The third-order valence-corrected chi connectivity index (χ3v) is 6.28. The van der Waals surface area contributed by atoms with Crippen LogP contribution < -0.4 is 4.90 Å². The van der Waals surface area contributed by atoms with Crippen molar-refractivity contribution in [3.63, 3.8) is 0 Å². The monoisotopic (exact) mass is 487 g/mol. The minimum Gasteiger partial charge on any atom is -0.461 e. The smallest absolute Gasteiger partial charge is 0.340 e. The van der Waals surface area contributed by atoms with Crippen molar-refractivity contribution in [3.05, 3.63) is 40.9 Å². The fourth-order valence-electron chi connectivity index (χ4n) is 4.22. The van der Waals surface area contributed by atoms with Gasteiger partial charge in [0.25, 0.3) is 0 Å². The number of rotatable bonds is 6. The Morgan fingerprint density at radius 1 is 1.12 bits per heavy atom. The molecular weight excluding hydrogens is 450 g/mol. The fourth-order valence-corrected chi connectivity index (χ4v) is 4.33. The Labute approximate surface area is 209 Å². The molecule has 0 bridgehead atoms. The number of halogens is 1. The highest BCUT2D eigenvalue weighted by molar-refractivity contribution is 6.29.